The van der Waals surface area contributed by atoms with E-state index in [9.17, 15) is 0 Å². The molecule has 4 nitrogen and oxygen atoms in total. The fourth-order valence-electron chi connectivity index (χ4n) is 2.79. The zero-order valence-electron chi connectivity index (χ0n) is 12.0. The van der Waals surface area contributed by atoms with Crippen molar-refractivity contribution in [3.05, 3.63) is 23.7 Å². The number of nitrogens with zero attached hydrogens (tertiary/aromatic N) is 3. The van der Waals surface area contributed by atoms with E-state index in [1.165, 1.54) is 10.1 Å². The summed E-state index contributed by atoms with van der Waals surface area (Å²) in [6.45, 7) is 8.42. The van der Waals surface area contributed by atoms with Crippen LogP contribution in [0.2, 0.25) is 0 Å². The van der Waals surface area contributed by atoms with Crippen LogP contribution in [0.5, 0.6) is 0 Å². The van der Waals surface area contributed by atoms with Gasteiger partial charge in [-0.25, -0.2) is 4.98 Å². The Morgan fingerprint density at radius 2 is 2.10 bits per heavy atom. The van der Waals surface area contributed by atoms with Crippen molar-refractivity contribution < 1.29 is 0 Å². The van der Waals surface area contributed by atoms with Gasteiger partial charge in [0.1, 0.15) is 5.82 Å². The van der Waals surface area contributed by atoms with E-state index >= 15 is 0 Å². The largest absolute Gasteiger partial charge is 0.354 e. The third-order valence-electron chi connectivity index (χ3n) is 4.00. The van der Waals surface area contributed by atoms with Crippen molar-refractivity contribution >= 4 is 27.2 Å². The minimum atomic E-state index is 0.583. The number of nitrogens with two attached hydrogens (primary N) is 1. The number of pyridine rings is 1. The predicted molar refractivity (Wildman–Crippen MR) is 86.5 cm³/mol. The number of hydrogen-bond donors (Lipinski definition) is 1. The Morgan fingerprint density at radius 1 is 1.30 bits per heavy atom. The average Bonchev–Trinajstić information content (AvgIpc) is 2.96. The number of aromatic nitrogens is 1. The van der Waals surface area contributed by atoms with Gasteiger partial charge in [-0.05, 0) is 30.0 Å². The second-order valence-electron chi connectivity index (χ2n) is 5.60. The molecular weight excluding hydrogens is 268 g/mol. The zero-order chi connectivity index (χ0) is 13.9. The molecule has 0 saturated carbocycles. The highest BCUT2D eigenvalue weighted by Gasteiger charge is 2.20. The summed E-state index contributed by atoms with van der Waals surface area (Å²) in [6, 6.07) is 4.29. The summed E-state index contributed by atoms with van der Waals surface area (Å²) in [4.78, 5) is 9.53. The summed E-state index contributed by atoms with van der Waals surface area (Å²) in [6.07, 6.45) is 1.93. The van der Waals surface area contributed by atoms with Crippen molar-refractivity contribution in [3.63, 3.8) is 0 Å². The average molecular weight is 290 g/mol. The topological polar surface area (TPSA) is 45.4 Å². The minimum absolute atomic E-state index is 0.583. The number of thiophene rings is 1. The van der Waals surface area contributed by atoms with Gasteiger partial charge in [0.25, 0.3) is 0 Å². The van der Waals surface area contributed by atoms with Gasteiger partial charge in [-0.1, -0.05) is 6.92 Å². The van der Waals surface area contributed by atoms with Crippen LogP contribution in [-0.2, 0) is 0 Å². The summed E-state index contributed by atoms with van der Waals surface area (Å²) in [5.74, 6) is 1.73. The first-order valence-corrected chi connectivity index (χ1v) is 8.15. The van der Waals surface area contributed by atoms with Gasteiger partial charge in [0, 0.05) is 49.0 Å². The van der Waals surface area contributed by atoms with E-state index in [1.54, 1.807) is 11.3 Å². The molecule has 3 rings (SSSR count). The number of piperazine rings is 1. The van der Waals surface area contributed by atoms with Crippen molar-refractivity contribution in [3.8, 4) is 0 Å². The lowest BCUT2D eigenvalue weighted by Crippen LogP contribution is -2.48. The molecule has 0 spiro atoms. The molecule has 0 radical (unpaired) electrons. The van der Waals surface area contributed by atoms with Crippen LogP contribution in [-0.4, -0.2) is 49.2 Å². The molecule has 1 saturated heterocycles. The number of hydrogen-bond acceptors (Lipinski definition) is 5. The van der Waals surface area contributed by atoms with E-state index in [0.29, 0.717) is 5.92 Å². The van der Waals surface area contributed by atoms with Crippen LogP contribution in [0, 0.1) is 5.92 Å². The smallest absolute Gasteiger partial charge is 0.137 e. The summed E-state index contributed by atoms with van der Waals surface area (Å²) < 4.78 is 1.33. The molecular formula is C15H22N4S. The molecule has 20 heavy (non-hydrogen) atoms. The second kappa shape index (κ2) is 6.08. The fourth-order valence-corrected chi connectivity index (χ4v) is 3.57. The maximum Gasteiger partial charge on any atom is 0.137 e. The number of fused-ring (bicyclic) bond motifs is 1. The fraction of sp³-hybridized carbons (Fsp3) is 0.533. The van der Waals surface area contributed by atoms with Crippen LogP contribution >= 0.6 is 11.3 Å². The third kappa shape index (κ3) is 2.80. The van der Waals surface area contributed by atoms with Crippen LogP contribution in [0.1, 0.15) is 6.92 Å². The lowest BCUT2D eigenvalue weighted by molar-refractivity contribution is 0.227. The van der Waals surface area contributed by atoms with Crippen molar-refractivity contribution in [1.82, 2.24) is 9.88 Å². The van der Waals surface area contributed by atoms with Gasteiger partial charge in [-0.15, -0.1) is 11.3 Å². The Balaban J connectivity index is 1.67. The first-order chi connectivity index (χ1) is 9.78. The van der Waals surface area contributed by atoms with Gasteiger partial charge < -0.3 is 10.6 Å². The van der Waals surface area contributed by atoms with Crippen LogP contribution in [0.3, 0.4) is 0 Å². The Morgan fingerprint density at radius 3 is 2.85 bits per heavy atom. The first-order valence-electron chi connectivity index (χ1n) is 7.27. The monoisotopic (exact) mass is 290 g/mol. The van der Waals surface area contributed by atoms with Crippen LogP contribution in [0.25, 0.3) is 10.1 Å². The van der Waals surface area contributed by atoms with Crippen molar-refractivity contribution in [1.29, 1.82) is 0 Å². The molecule has 1 unspecified atom stereocenters. The molecule has 1 aliphatic rings. The van der Waals surface area contributed by atoms with E-state index in [1.807, 2.05) is 6.20 Å². The van der Waals surface area contributed by atoms with Gasteiger partial charge in [-0.3, -0.25) is 4.90 Å². The summed E-state index contributed by atoms with van der Waals surface area (Å²) in [7, 11) is 0. The van der Waals surface area contributed by atoms with Crippen molar-refractivity contribution in [2.45, 2.75) is 6.92 Å². The Bertz CT molecular complexity index is 560. The highest BCUT2D eigenvalue weighted by Crippen LogP contribution is 2.28. The highest BCUT2D eigenvalue weighted by atomic mass is 32.1. The number of anilines is 1. The van der Waals surface area contributed by atoms with Gasteiger partial charge >= 0.3 is 0 Å². The molecule has 0 aromatic carbocycles. The maximum absolute atomic E-state index is 5.71. The summed E-state index contributed by atoms with van der Waals surface area (Å²) >= 11 is 1.79. The lowest BCUT2D eigenvalue weighted by atomic mass is 10.1. The molecule has 2 aromatic rings. The van der Waals surface area contributed by atoms with Crippen LogP contribution in [0.15, 0.2) is 23.7 Å². The summed E-state index contributed by atoms with van der Waals surface area (Å²) in [5.41, 5.74) is 5.71. The SMILES string of the molecule is CC(CN)CN1CCN(c2nccc3sccc23)CC1. The number of rotatable bonds is 4. The van der Waals surface area contributed by atoms with Crippen molar-refractivity contribution in [2.75, 3.05) is 44.2 Å². The molecule has 1 aliphatic heterocycles. The van der Waals surface area contributed by atoms with E-state index in [-0.39, 0.29) is 0 Å². The van der Waals surface area contributed by atoms with Crippen LogP contribution < -0.4 is 10.6 Å². The van der Waals surface area contributed by atoms with E-state index in [0.717, 1.165) is 45.1 Å². The van der Waals surface area contributed by atoms with Crippen LogP contribution in [0.4, 0.5) is 5.82 Å². The van der Waals surface area contributed by atoms with E-state index in [2.05, 4.69) is 39.2 Å². The lowest BCUT2D eigenvalue weighted by Gasteiger charge is -2.36. The standard InChI is InChI=1S/C15H22N4S/c1-12(10-16)11-18-5-7-19(8-6-18)15-13-3-9-20-14(13)2-4-17-15/h2-4,9,12H,5-8,10-11,16H2,1H3. The van der Waals surface area contributed by atoms with E-state index in [4.69, 9.17) is 5.73 Å². The van der Waals surface area contributed by atoms with Gasteiger partial charge in [0.2, 0.25) is 0 Å². The Hall–Kier alpha value is -1.17. The predicted octanol–water partition coefficient (Wildman–Crippen LogP) is 2.01. The van der Waals surface area contributed by atoms with Gasteiger partial charge in [0.15, 0.2) is 0 Å². The molecule has 2 N–H and O–H groups in total. The van der Waals surface area contributed by atoms with E-state index < -0.39 is 0 Å². The molecule has 3 heterocycles. The zero-order valence-corrected chi connectivity index (χ0v) is 12.8. The molecule has 0 amide bonds. The van der Waals surface area contributed by atoms with Crippen molar-refractivity contribution in [2.24, 2.45) is 11.7 Å². The second-order valence-corrected chi connectivity index (χ2v) is 6.54. The first kappa shape index (κ1) is 13.8. The molecule has 1 atom stereocenters. The van der Waals surface area contributed by atoms with Gasteiger partial charge in [0.05, 0.1) is 0 Å². The Kier molecular flexibility index (Phi) is 4.19. The molecule has 108 valence electrons. The highest BCUT2D eigenvalue weighted by molar-refractivity contribution is 7.17. The molecule has 0 bridgehead atoms. The molecule has 1 fully saturated rings. The van der Waals surface area contributed by atoms with Gasteiger partial charge in [-0.2, -0.15) is 0 Å². The minimum Gasteiger partial charge on any atom is -0.354 e. The normalized spacial score (nSPS) is 18.6. The quantitative estimate of drug-likeness (QED) is 0.935. The third-order valence-corrected chi connectivity index (χ3v) is 4.88. The Labute approximate surface area is 124 Å². The maximum atomic E-state index is 5.71. The summed E-state index contributed by atoms with van der Waals surface area (Å²) in [5, 5.41) is 3.44. The molecule has 0 aliphatic carbocycles. The molecule has 5 heteroatoms. The molecule has 2 aromatic heterocycles.